The van der Waals surface area contributed by atoms with Gasteiger partial charge in [-0.1, -0.05) is 13.8 Å². The fraction of sp³-hybridized carbons (Fsp3) is 0.889. The molecule has 0 aromatic heterocycles. The maximum atomic E-state index is 11.2. The van der Waals surface area contributed by atoms with E-state index in [9.17, 15) is 4.79 Å². The van der Waals surface area contributed by atoms with Gasteiger partial charge in [-0.3, -0.25) is 4.79 Å². The van der Waals surface area contributed by atoms with Crippen molar-refractivity contribution in [3.63, 3.8) is 0 Å². The van der Waals surface area contributed by atoms with Crippen LogP contribution < -0.4 is 5.32 Å². The number of amides is 1. The van der Waals surface area contributed by atoms with E-state index in [4.69, 9.17) is 0 Å². The van der Waals surface area contributed by atoms with Crippen molar-refractivity contribution in [1.82, 2.24) is 10.2 Å². The van der Waals surface area contributed by atoms with Crippen molar-refractivity contribution in [2.45, 2.75) is 32.7 Å². The summed E-state index contributed by atoms with van der Waals surface area (Å²) in [5.74, 6) is 0.119. The Morgan fingerprint density at radius 3 is 2.17 bits per heavy atom. The molecule has 0 aromatic carbocycles. The SMILES string of the molecule is CCC(CC)NC(=O)CN(C)C. The van der Waals surface area contributed by atoms with Crippen molar-refractivity contribution in [3.8, 4) is 0 Å². The molecule has 0 aliphatic rings. The zero-order valence-corrected chi connectivity index (χ0v) is 8.55. The van der Waals surface area contributed by atoms with Crippen molar-refractivity contribution >= 4 is 5.91 Å². The molecule has 0 fully saturated rings. The van der Waals surface area contributed by atoms with Gasteiger partial charge in [0.05, 0.1) is 6.54 Å². The van der Waals surface area contributed by atoms with Gasteiger partial charge in [-0.15, -0.1) is 0 Å². The number of carbonyl (C=O) groups excluding carboxylic acids is 1. The largest absolute Gasteiger partial charge is 0.352 e. The molecule has 0 aliphatic carbocycles. The van der Waals surface area contributed by atoms with Gasteiger partial charge in [0, 0.05) is 6.04 Å². The lowest BCUT2D eigenvalue weighted by molar-refractivity contribution is -0.122. The molecule has 0 aliphatic heterocycles. The normalized spacial score (nSPS) is 10.8. The van der Waals surface area contributed by atoms with Crippen molar-refractivity contribution in [1.29, 1.82) is 0 Å². The molecule has 3 nitrogen and oxygen atoms in total. The van der Waals surface area contributed by atoms with E-state index < -0.39 is 0 Å². The van der Waals surface area contributed by atoms with Gasteiger partial charge in [0.15, 0.2) is 0 Å². The van der Waals surface area contributed by atoms with E-state index in [0.29, 0.717) is 12.6 Å². The Bertz CT molecular complexity index is 130. The average molecular weight is 172 g/mol. The summed E-state index contributed by atoms with van der Waals surface area (Å²) in [7, 11) is 3.79. The lowest BCUT2D eigenvalue weighted by atomic mass is 10.2. The molecule has 0 bridgehead atoms. The lowest BCUT2D eigenvalue weighted by Gasteiger charge is -2.16. The standard InChI is InChI=1S/C9H20N2O/c1-5-8(6-2)10-9(12)7-11(3)4/h8H,5-7H2,1-4H3,(H,10,12). The van der Waals surface area contributed by atoms with Crippen LogP contribution in [0.5, 0.6) is 0 Å². The van der Waals surface area contributed by atoms with Gasteiger partial charge in [-0.25, -0.2) is 0 Å². The van der Waals surface area contributed by atoms with E-state index in [-0.39, 0.29) is 5.91 Å². The van der Waals surface area contributed by atoms with Crippen LogP contribution in [0.25, 0.3) is 0 Å². The third-order valence-electron chi connectivity index (χ3n) is 1.81. The monoisotopic (exact) mass is 172 g/mol. The molecule has 0 heterocycles. The number of rotatable bonds is 5. The summed E-state index contributed by atoms with van der Waals surface area (Å²) in [6.07, 6.45) is 2.02. The van der Waals surface area contributed by atoms with Crippen LogP contribution in [-0.4, -0.2) is 37.5 Å². The van der Waals surface area contributed by atoms with E-state index in [1.807, 2.05) is 19.0 Å². The third kappa shape index (κ3) is 5.13. The van der Waals surface area contributed by atoms with Crippen LogP contribution in [0.15, 0.2) is 0 Å². The number of nitrogens with one attached hydrogen (secondary N) is 1. The predicted molar refractivity (Wildman–Crippen MR) is 51.1 cm³/mol. The van der Waals surface area contributed by atoms with Crippen LogP contribution in [0.3, 0.4) is 0 Å². The van der Waals surface area contributed by atoms with Crippen LogP contribution in [0.2, 0.25) is 0 Å². The summed E-state index contributed by atoms with van der Waals surface area (Å²) in [6.45, 7) is 4.66. The summed E-state index contributed by atoms with van der Waals surface area (Å²) in [5, 5.41) is 2.97. The van der Waals surface area contributed by atoms with E-state index in [0.717, 1.165) is 12.8 Å². The molecule has 0 saturated heterocycles. The summed E-state index contributed by atoms with van der Waals surface area (Å²) >= 11 is 0. The highest BCUT2D eigenvalue weighted by molar-refractivity contribution is 5.78. The molecule has 1 N–H and O–H groups in total. The fourth-order valence-electron chi connectivity index (χ4n) is 1.05. The molecule has 0 aromatic rings. The van der Waals surface area contributed by atoms with Crippen molar-refractivity contribution in [2.75, 3.05) is 20.6 Å². The molecular formula is C9H20N2O. The molecule has 0 unspecified atom stereocenters. The zero-order chi connectivity index (χ0) is 9.56. The Labute approximate surface area is 75.1 Å². The second-order valence-electron chi connectivity index (χ2n) is 3.32. The predicted octanol–water partition coefficient (Wildman–Crippen LogP) is 0.853. The minimum atomic E-state index is 0.119. The second kappa shape index (κ2) is 6.00. The van der Waals surface area contributed by atoms with Crippen molar-refractivity contribution in [2.24, 2.45) is 0 Å². The summed E-state index contributed by atoms with van der Waals surface area (Å²) in [4.78, 5) is 13.1. The maximum absolute atomic E-state index is 11.2. The minimum Gasteiger partial charge on any atom is -0.352 e. The average Bonchev–Trinajstić information content (AvgIpc) is 1.98. The smallest absolute Gasteiger partial charge is 0.234 e. The van der Waals surface area contributed by atoms with Crippen LogP contribution in [-0.2, 0) is 4.79 Å². The zero-order valence-electron chi connectivity index (χ0n) is 8.55. The van der Waals surface area contributed by atoms with Gasteiger partial charge in [-0.2, -0.15) is 0 Å². The molecule has 0 saturated carbocycles. The molecule has 0 atom stereocenters. The van der Waals surface area contributed by atoms with E-state index in [2.05, 4.69) is 19.2 Å². The summed E-state index contributed by atoms with van der Waals surface area (Å²) in [5.41, 5.74) is 0. The summed E-state index contributed by atoms with van der Waals surface area (Å²) in [6, 6.07) is 0.345. The lowest BCUT2D eigenvalue weighted by Crippen LogP contribution is -2.39. The van der Waals surface area contributed by atoms with Crippen LogP contribution in [0, 0.1) is 0 Å². The Kier molecular flexibility index (Phi) is 5.72. The molecule has 72 valence electrons. The number of hydrogen-bond acceptors (Lipinski definition) is 2. The van der Waals surface area contributed by atoms with Crippen LogP contribution >= 0.6 is 0 Å². The Hall–Kier alpha value is -0.570. The van der Waals surface area contributed by atoms with Gasteiger partial charge in [0.25, 0.3) is 0 Å². The highest BCUT2D eigenvalue weighted by Gasteiger charge is 2.07. The molecule has 3 heteroatoms. The van der Waals surface area contributed by atoms with Gasteiger partial charge in [-0.05, 0) is 26.9 Å². The van der Waals surface area contributed by atoms with Gasteiger partial charge in [0.2, 0.25) is 5.91 Å². The van der Waals surface area contributed by atoms with E-state index in [1.165, 1.54) is 0 Å². The van der Waals surface area contributed by atoms with Gasteiger partial charge in [0.1, 0.15) is 0 Å². The van der Waals surface area contributed by atoms with E-state index >= 15 is 0 Å². The number of likely N-dealkylation sites (N-methyl/N-ethyl adjacent to an activating group) is 1. The third-order valence-corrected chi connectivity index (χ3v) is 1.81. The van der Waals surface area contributed by atoms with Gasteiger partial charge >= 0.3 is 0 Å². The first-order chi connectivity index (χ1) is 5.60. The van der Waals surface area contributed by atoms with Crippen LogP contribution in [0.4, 0.5) is 0 Å². The first-order valence-electron chi connectivity index (χ1n) is 4.54. The Morgan fingerprint density at radius 2 is 1.83 bits per heavy atom. The molecular weight excluding hydrogens is 152 g/mol. The summed E-state index contributed by atoms with van der Waals surface area (Å²) < 4.78 is 0. The van der Waals surface area contributed by atoms with Crippen LogP contribution in [0.1, 0.15) is 26.7 Å². The first kappa shape index (κ1) is 11.4. The highest BCUT2D eigenvalue weighted by atomic mass is 16.2. The molecule has 0 rings (SSSR count). The maximum Gasteiger partial charge on any atom is 0.234 e. The second-order valence-corrected chi connectivity index (χ2v) is 3.32. The topological polar surface area (TPSA) is 32.3 Å². The number of carbonyl (C=O) groups is 1. The number of nitrogens with zero attached hydrogens (tertiary/aromatic N) is 1. The molecule has 12 heavy (non-hydrogen) atoms. The van der Waals surface area contributed by atoms with Gasteiger partial charge < -0.3 is 10.2 Å². The minimum absolute atomic E-state index is 0.119. The Balaban J connectivity index is 3.66. The van der Waals surface area contributed by atoms with E-state index in [1.54, 1.807) is 0 Å². The fourth-order valence-corrected chi connectivity index (χ4v) is 1.05. The first-order valence-corrected chi connectivity index (χ1v) is 4.54. The van der Waals surface area contributed by atoms with Crippen molar-refractivity contribution < 1.29 is 4.79 Å². The molecule has 0 radical (unpaired) electrons. The highest BCUT2D eigenvalue weighted by Crippen LogP contribution is 1.95. The quantitative estimate of drug-likeness (QED) is 0.667. The Morgan fingerprint density at radius 1 is 1.33 bits per heavy atom. The number of hydrogen-bond donors (Lipinski definition) is 1. The van der Waals surface area contributed by atoms with Crippen molar-refractivity contribution in [3.05, 3.63) is 0 Å². The molecule has 1 amide bonds. The molecule has 0 spiro atoms.